The van der Waals surface area contributed by atoms with Crippen LogP contribution < -0.4 is 11.1 Å². The van der Waals surface area contributed by atoms with Crippen LogP contribution in [0.4, 0.5) is 5.95 Å². The predicted molar refractivity (Wildman–Crippen MR) is 111 cm³/mol. The maximum atomic E-state index is 5.84. The Labute approximate surface area is 163 Å². The Morgan fingerprint density at radius 3 is 2.64 bits per heavy atom. The van der Waals surface area contributed by atoms with E-state index in [1.807, 2.05) is 73.8 Å². The Bertz CT molecular complexity index is 1130. The van der Waals surface area contributed by atoms with E-state index in [1.165, 1.54) is 0 Å². The lowest BCUT2D eigenvalue weighted by atomic mass is 10.1. The molecule has 4 rings (SSSR count). The van der Waals surface area contributed by atoms with Gasteiger partial charge in [0.2, 0.25) is 5.95 Å². The summed E-state index contributed by atoms with van der Waals surface area (Å²) in [7, 11) is 0. The van der Waals surface area contributed by atoms with Gasteiger partial charge in [0.25, 0.3) is 0 Å². The quantitative estimate of drug-likeness (QED) is 0.557. The maximum absolute atomic E-state index is 5.84. The highest BCUT2D eigenvalue weighted by molar-refractivity contribution is 5.79. The smallest absolute Gasteiger partial charge is 0.223 e. The molecule has 0 spiro atoms. The van der Waals surface area contributed by atoms with Gasteiger partial charge in [-0.2, -0.15) is 0 Å². The first-order valence-corrected chi connectivity index (χ1v) is 9.20. The summed E-state index contributed by atoms with van der Waals surface area (Å²) in [5.41, 5.74) is 10.6. The van der Waals surface area contributed by atoms with E-state index >= 15 is 0 Å². The second-order valence-electron chi connectivity index (χ2n) is 7.38. The van der Waals surface area contributed by atoms with Crippen LogP contribution >= 0.6 is 0 Å². The zero-order valence-electron chi connectivity index (χ0n) is 16.2. The zero-order chi connectivity index (χ0) is 19.7. The maximum Gasteiger partial charge on any atom is 0.223 e. The van der Waals surface area contributed by atoms with Crippen LogP contribution in [0.2, 0.25) is 0 Å². The summed E-state index contributed by atoms with van der Waals surface area (Å²) in [5.74, 6) is 0.530. The fraction of sp³-hybridized carbons (Fsp3) is 0.238. The lowest BCUT2D eigenvalue weighted by Crippen LogP contribution is -2.39. The van der Waals surface area contributed by atoms with Crippen molar-refractivity contribution in [2.75, 3.05) is 11.9 Å². The Balaban J connectivity index is 1.90. The van der Waals surface area contributed by atoms with Crippen LogP contribution in [-0.2, 0) is 0 Å². The lowest BCUT2D eigenvalue weighted by molar-refractivity contribution is 0.574. The Morgan fingerprint density at radius 2 is 1.86 bits per heavy atom. The number of aromatic nitrogens is 5. The number of imidazole rings is 1. The summed E-state index contributed by atoms with van der Waals surface area (Å²) in [6, 6.07) is 13.7. The van der Waals surface area contributed by atoms with E-state index in [4.69, 9.17) is 15.7 Å². The van der Waals surface area contributed by atoms with E-state index in [0.29, 0.717) is 12.5 Å². The van der Waals surface area contributed by atoms with Crippen LogP contribution in [0.15, 0.2) is 54.9 Å². The van der Waals surface area contributed by atoms with Crippen molar-refractivity contribution in [3.63, 3.8) is 0 Å². The standard InChI is InChI=1S/C21H23N7/c1-14-7-6-8-15(24-14)18-19(28-12-5-4-9-17(28)26-18)16-10-11-23-20(25-16)27-21(2,3)13-22/h4-12H,13,22H2,1-3H3,(H,23,25,27). The van der Waals surface area contributed by atoms with E-state index < -0.39 is 0 Å². The average Bonchev–Trinajstić information content (AvgIpc) is 3.07. The summed E-state index contributed by atoms with van der Waals surface area (Å²) in [6.45, 7) is 6.47. The topological polar surface area (TPSA) is 94.0 Å². The van der Waals surface area contributed by atoms with Gasteiger partial charge in [-0.1, -0.05) is 12.1 Å². The minimum absolute atomic E-state index is 0.307. The molecule has 0 aromatic carbocycles. The molecule has 4 heterocycles. The summed E-state index contributed by atoms with van der Waals surface area (Å²) in [5, 5.41) is 3.29. The van der Waals surface area contributed by atoms with Crippen LogP contribution in [-0.4, -0.2) is 36.4 Å². The Hall–Kier alpha value is -3.32. The van der Waals surface area contributed by atoms with Gasteiger partial charge in [0.05, 0.1) is 11.4 Å². The molecule has 3 N–H and O–H groups in total. The second-order valence-corrected chi connectivity index (χ2v) is 7.38. The molecule has 0 fully saturated rings. The van der Waals surface area contributed by atoms with E-state index in [2.05, 4.69) is 15.3 Å². The molecule has 0 aliphatic rings. The molecule has 0 unspecified atom stereocenters. The number of fused-ring (bicyclic) bond motifs is 1. The van der Waals surface area contributed by atoms with E-state index in [9.17, 15) is 0 Å². The van der Waals surface area contributed by atoms with Crippen LogP contribution in [0.1, 0.15) is 19.5 Å². The molecule has 0 saturated carbocycles. The molecule has 0 radical (unpaired) electrons. The lowest BCUT2D eigenvalue weighted by Gasteiger charge is -2.24. The Morgan fingerprint density at radius 1 is 1.00 bits per heavy atom. The molecule has 0 bridgehead atoms. The van der Waals surface area contributed by atoms with Crippen LogP contribution in [0, 0.1) is 6.92 Å². The van der Waals surface area contributed by atoms with Gasteiger partial charge in [-0.3, -0.25) is 9.38 Å². The number of rotatable bonds is 5. The predicted octanol–water partition coefficient (Wildman–Crippen LogP) is 3.31. The molecule has 4 aromatic heterocycles. The highest BCUT2D eigenvalue weighted by Gasteiger charge is 2.20. The van der Waals surface area contributed by atoms with Crippen molar-refractivity contribution in [2.24, 2.45) is 5.73 Å². The molecule has 142 valence electrons. The number of nitrogens with one attached hydrogen (secondary N) is 1. The van der Waals surface area contributed by atoms with E-state index in [1.54, 1.807) is 6.20 Å². The normalized spacial score (nSPS) is 11.7. The van der Waals surface area contributed by atoms with Gasteiger partial charge in [0.15, 0.2) is 0 Å². The summed E-state index contributed by atoms with van der Waals surface area (Å²) < 4.78 is 2.03. The van der Waals surface area contributed by atoms with Crippen LogP contribution in [0.3, 0.4) is 0 Å². The average molecular weight is 373 g/mol. The highest BCUT2D eigenvalue weighted by atomic mass is 15.2. The van der Waals surface area contributed by atoms with Gasteiger partial charge in [-0.05, 0) is 51.1 Å². The molecular weight excluding hydrogens is 350 g/mol. The fourth-order valence-electron chi connectivity index (χ4n) is 3.00. The van der Waals surface area contributed by atoms with Gasteiger partial charge >= 0.3 is 0 Å². The van der Waals surface area contributed by atoms with E-state index in [0.717, 1.165) is 34.1 Å². The number of hydrogen-bond acceptors (Lipinski definition) is 6. The third kappa shape index (κ3) is 3.44. The van der Waals surface area contributed by atoms with Crippen molar-refractivity contribution in [1.29, 1.82) is 0 Å². The van der Waals surface area contributed by atoms with Gasteiger partial charge in [-0.15, -0.1) is 0 Å². The van der Waals surface area contributed by atoms with Crippen molar-refractivity contribution in [1.82, 2.24) is 24.3 Å². The number of nitrogens with two attached hydrogens (primary N) is 1. The summed E-state index contributed by atoms with van der Waals surface area (Å²) in [6.07, 6.45) is 3.73. The second kappa shape index (κ2) is 7.01. The number of nitrogens with zero attached hydrogens (tertiary/aromatic N) is 5. The first kappa shape index (κ1) is 18.1. The van der Waals surface area contributed by atoms with Gasteiger partial charge in [-0.25, -0.2) is 15.0 Å². The first-order valence-electron chi connectivity index (χ1n) is 9.20. The van der Waals surface area contributed by atoms with Crippen molar-refractivity contribution < 1.29 is 0 Å². The highest BCUT2D eigenvalue weighted by Crippen LogP contribution is 2.31. The number of pyridine rings is 2. The molecule has 0 atom stereocenters. The molecule has 4 aromatic rings. The minimum Gasteiger partial charge on any atom is -0.348 e. The van der Waals surface area contributed by atoms with Crippen molar-refractivity contribution in [3.8, 4) is 22.8 Å². The third-order valence-electron chi connectivity index (χ3n) is 4.52. The molecule has 7 heteroatoms. The number of anilines is 1. The largest absolute Gasteiger partial charge is 0.348 e. The Kier molecular flexibility index (Phi) is 4.52. The van der Waals surface area contributed by atoms with Crippen LogP contribution in [0.25, 0.3) is 28.4 Å². The fourth-order valence-corrected chi connectivity index (χ4v) is 3.00. The zero-order valence-corrected chi connectivity index (χ0v) is 16.2. The minimum atomic E-state index is -0.307. The third-order valence-corrected chi connectivity index (χ3v) is 4.52. The number of aryl methyl sites for hydroxylation is 1. The first-order chi connectivity index (χ1) is 13.5. The molecular formula is C21H23N7. The molecule has 7 nitrogen and oxygen atoms in total. The van der Waals surface area contributed by atoms with E-state index in [-0.39, 0.29) is 5.54 Å². The van der Waals surface area contributed by atoms with Crippen molar-refractivity contribution >= 4 is 11.6 Å². The summed E-state index contributed by atoms with van der Waals surface area (Å²) >= 11 is 0. The van der Waals surface area contributed by atoms with Gasteiger partial charge in [0.1, 0.15) is 17.0 Å². The molecule has 0 amide bonds. The molecule has 28 heavy (non-hydrogen) atoms. The molecule has 0 saturated heterocycles. The van der Waals surface area contributed by atoms with Crippen molar-refractivity contribution in [2.45, 2.75) is 26.3 Å². The van der Waals surface area contributed by atoms with Crippen LogP contribution in [0.5, 0.6) is 0 Å². The summed E-state index contributed by atoms with van der Waals surface area (Å²) in [4.78, 5) is 18.6. The van der Waals surface area contributed by atoms with Gasteiger partial charge < -0.3 is 11.1 Å². The monoisotopic (exact) mass is 373 g/mol. The van der Waals surface area contributed by atoms with Gasteiger partial charge in [0, 0.05) is 30.2 Å². The van der Waals surface area contributed by atoms with Crippen molar-refractivity contribution in [3.05, 3.63) is 60.6 Å². The molecule has 0 aliphatic carbocycles. The molecule has 0 aliphatic heterocycles. The SMILES string of the molecule is Cc1cccc(-c2nc3ccccn3c2-c2ccnc(NC(C)(C)CN)n2)n1. The number of hydrogen-bond donors (Lipinski definition) is 2.